The molecule has 0 bridgehead atoms. The van der Waals surface area contributed by atoms with E-state index in [-0.39, 0.29) is 0 Å². The second-order valence-corrected chi connectivity index (χ2v) is 2.93. The van der Waals surface area contributed by atoms with Crippen molar-refractivity contribution in [1.29, 1.82) is 5.26 Å². The molecule has 0 amide bonds. The lowest BCUT2D eigenvalue weighted by molar-refractivity contribution is 0.130. The fourth-order valence-electron chi connectivity index (χ4n) is 1.36. The largest absolute Gasteiger partial charge is 0.457 e. The lowest BCUT2D eigenvalue weighted by Gasteiger charge is -2.00. The first-order valence-corrected chi connectivity index (χ1v) is 4.26. The van der Waals surface area contributed by atoms with Crippen LogP contribution in [0.1, 0.15) is 11.9 Å². The minimum absolute atomic E-state index is 0.552. The summed E-state index contributed by atoms with van der Waals surface area (Å²) in [7, 11) is 1.49. The molecule has 0 aliphatic rings. The minimum atomic E-state index is -0.623. The van der Waals surface area contributed by atoms with Gasteiger partial charge in [-0.15, -0.1) is 0 Å². The van der Waals surface area contributed by atoms with E-state index in [0.717, 1.165) is 11.0 Å². The fraction of sp³-hybridized carbons (Fsp3) is 0.182. The maximum absolute atomic E-state index is 8.77. The molecule has 0 spiro atoms. The molecule has 0 N–H and O–H groups in total. The van der Waals surface area contributed by atoms with E-state index >= 15 is 0 Å². The number of nitrogens with zero attached hydrogens (tertiary/aromatic N) is 1. The van der Waals surface area contributed by atoms with Crippen molar-refractivity contribution in [1.82, 2.24) is 0 Å². The van der Waals surface area contributed by atoms with E-state index in [1.807, 2.05) is 36.4 Å². The van der Waals surface area contributed by atoms with Gasteiger partial charge in [0.05, 0.1) is 0 Å². The average Bonchev–Trinajstić information content (AvgIpc) is 2.63. The third kappa shape index (κ3) is 1.36. The van der Waals surface area contributed by atoms with E-state index in [0.29, 0.717) is 5.76 Å². The highest BCUT2D eigenvalue weighted by Crippen LogP contribution is 2.24. The molecule has 1 heterocycles. The quantitative estimate of drug-likeness (QED) is 0.726. The van der Waals surface area contributed by atoms with E-state index in [1.54, 1.807) is 0 Å². The van der Waals surface area contributed by atoms with Crippen LogP contribution in [0.4, 0.5) is 0 Å². The minimum Gasteiger partial charge on any atom is -0.457 e. The fourth-order valence-corrected chi connectivity index (χ4v) is 1.36. The number of ether oxygens (including phenoxy) is 1. The highest BCUT2D eigenvalue weighted by molar-refractivity contribution is 5.77. The Bertz CT molecular complexity index is 448. The van der Waals surface area contributed by atoms with Crippen LogP contribution in [0.3, 0.4) is 0 Å². The number of furan rings is 1. The summed E-state index contributed by atoms with van der Waals surface area (Å²) in [5, 5.41) is 9.76. The number of rotatable bonds is 2. The van der Waals surface area contributed by atoms with Crippen molar-refractivity contribution in [3.05, 3.63) is 36.1 Å². The molecule has 0 saturated carbocycles. The summed E-state index contributed by atoms with van der Waals surface area (Å²) >= 11 is 0. The molecule has 3 heteroatoms. The van der Waals surface area contributed by atoms with E-state index in [2.05, 4.69) is 0 Å². The third-order valence-corrected chi connectivity index (χ3v) is 2.06. The molecular formula is C11H9NO2. The molecule has 0 fully saturated rings. The van der Waals surface area contributed by atoms with E-state index < -0.39 is 6.10 Å². The van der Waals surface area contributed by atoms with Gasteiger partial charge in [0.15, 0.2) is 0 Å². The summed E-state index contributed by atoms with van der Waals surface area (Å²) < 4.78 is 10.4. The van der Waals surface area contributed by atoms with Gasteiger partial charge in [-0.1, -0.05) is 18.2 Å². The summed E-state index contributed by atoms with van der Waals surface area (Å²) in [6, 6.07) is 11.5. The lowest BCUT2D eigenvalue weighted by Crippen LogP contribution is -1.94. The number of nitriles is 1. The topological polar surface area (TPSA) is 46.2 Å². The van der Waals surface area contributed by atoms with Crippen molar-refractivity contribution in [3.8, 4) is 6.07 Å². The van der Waals surface area contributed by atoms with Gasteiger partial charge in [0, 0.05) is 12.5 Å². The predicted molar refractivity (Wildman–Crippen MR) is 51.6 cm³/mol. The lowest BCUT2D eigenvalue weighted by atomic mass is 10.2. The first-order chi connectivity index (χ1) is 6.85. The number of benzene rings is 1. The highest BCUT2D eigenvalue weighted by atomic mass is 16.5. The molecule has 1 atom stereocenters. The van der Waals surface area contributed by atoms with Gasteiger partial charge in [-0.2, -0.15) is 5.26 Å². The van der Waals surface area contributed by atoms with E-state index in [9.17, 15) is 0 Å². The summed E-state index contributed by atoms with van der Waals surface area (Å²) in [5.74, 6) is 0.552. The molecule has 2 aromatic rings. The van der Waals surface area contributed by atoms with Gasteiger partial charge in [0.2, 0.25) is 6.10 Å². The summed E-state index contributed by atoms with van der Waals surface area (Å²) in [5.41, 5.74) is 0.778. The zero-order chi connectivity index (χ0) is 9.97. The third-order valence-electron chi connectivity index (χ3n) is 2.06. The Kier molecular flexibility index (Phi) is 2.21. The van der Waals surface area contributed by atoms with Crippen LogP contribution in [0.15, 0.2) is 34.7 Å². The van der Waals surface area contributed by atoms with Crippen LogP contribution >= 0.6 is 0 Å². The van der Waals surface area contributed by atoms with E-state index in [1.165, 1.54) is 7.11 Å². The van der Waals surface area contributed by atoms with Gasteiger partial charge in [-0.25, -0.2) is 0 Å². The Labute approximate surface area is 81.5 Å². The molecule has 0 aliphatic heterocycles. The van der Waals surface area contributed by atoms with Gasteiger partial charge in [0.25, 0.3) is 0 Å². The van der Waals surface area contributed by atoms with Crippen LogP contribution in [0.25, 0.3) is 11.0 Å². The van der Waals surface area contributed by atoms with Crippen LogP contribution < -0.4 is 0 Å². The first-order valence-electron chi connectivity index (χ1n) is 4.26. The molecule has 1 aromatic heterocycles. The summed E-state index contributed by atoms with van der Waals surface area (Å²) in [6.07, 6.45) is -0.623. The smallest absolute Gasteiger partial charge is 0.201 e. The predicted octanol–water partition coefficient (Wildman–Crippen LogP) is 2.64. The number of methoxy groups -OCH3 is 1. The van der Waals surface area contributed by atoms with Crippen molar-refractivity contribution < 1.29 is 9.15 Å². The molecule has 0 unspecified atom stereocenters. The van der Waals surface area contributed by atoms with Crippen molar-refractivity contribution in [2.75, 3.05) is 7.11 Å². The SMILES string of the molecule is CO[C@@H](C#N)c1cc2ccccc2o1. The molecule has 3 nitrogen and oxygen atoms in total. The van der Waals surface area contributed by atoms with Gasteiger partial charge in [-0.3, -0.25) is 0 Å². The average molecular weight is 187 g/mol. The molecule has 0 saturated heterocycles. The molecule has 0 aliphatic carbocycles. The zero-order valence-electron chi connectivity index (χ0n) is 7.73. The van der Waals surface area contributed by atoms with Gasteiger partial charge >= 0.3 is 0 Å². The highest BCUT2D eigenvalue weighted by Gasteiger charge is 2.13. The second kappa shape index (κ2) is 3.52. The molecule has 0 radical (unpaired) electrons. The standard InChI is InChI=1S/C11H9NO2/c1-13-11(7-12)10-6-8-4-2-3-5-9(8)14-10/h2-6,11H,1H3/t11-/m0/s1. The maximum atomic E-state index is 8.77. The van der Waals surface area contributed by atoms with E-state index in [4.69, 9.17) is 14.4 Å². The molecule has 70 valence electrons. The van der Waals surface area contributed by atoms with Crippen molar-refractivity contribution in [2.45, 2.75) is 6.10 Å². The monoisotopic (exact) mass is 187 g/mol. The molecule has 1 aromatic carbocycles. The van der Waals surface area contributed by atoms with Crippen molar-refractivity contribution >= 4 is 11.0 Å². The van der Waals surface area contributed by atoms with Crippen LogP contribution in [-0.2, 0) is 4.74 Å². The summed E-state index contributed by atoms with van der Waals surface area (Å²) in [4.78, 5) is 0. The molecule has 2 rings (SSSR count). The Morgan fingerprint density at radius 3 is 2.86 bits per heavy atom. The van der Waals surface area contributed by atoms with Crippen LogP contribution in [0.2, 0.25) is 0 Å². The van der Waals surface area contributed by atoms with Gasteiger partial charge < -0.3 is 9.15 Å². The maximum Gasteiger partial charge on any atom is 0.201 e. The van der Waals surface area contributed by atoms with Crippen LogP contribution in [-0.4, -0.2) is 7.11 Å². The Morgan fingerprint density at radius 2 is 2.21 bits per heavy atom. The second-order valence-electron chi connectivity index (χ2n) is 2.93. The molecular weight excluding hydrogens is 178 g/mol. The molecule has 14 heavy (non-hydrogen) atoms. The Morgan fingerprint density at radius 1 is 1.43 bits per heavy atom. The summed E-state index contributed by atoms with van der Waals surface area (Å²) in [6.45, 7) is 0. The number of hydrogen-bond acceptors (Lipinski definition) is 3. The van der Waals surface area contributed by atoms with Gasteiger partial charge in [0.1, 0.15) is 17.4 Å². The van der Waals surface area contributed by atoms with Gasteiger partial charge in [-0.05, 0) is 12.1 Å². The van der Waals surface area contributed by atoms with Crippen molar-refractivity contribution in [2.24, 2.45) is 0 Å². The van der Waals surface area contributed by atoms with Crippen molar-refractivity contribution in [3.63, 3.8) is 0 Å². The number of para-hydroxylation sites is 1. The number of fused-ring (bicyclic) bond motifs is 1. The Hall–Kier alpha value is -1.79. The Balaban J connectivity index is 2.50. The normalized spacial score (nSPS) is 12.6. The van der Waals surface area contributed by atoms with Crippen LogP contribution in [0.5, 0.6) is 0 Å². The first kappa shape index (κ1) is 8.79. The zero-order valence-corrected chi connectivity index (χ0v) is 7.73. The van der Waals surface area contributed by atoms with Crippen LogP contribution in [0, 0.1) is 11.3 Å². The number of hydrogen-bond donors (Lipinski definition) is 0.